The van der Waals surface area contributed by atoms with Crippen molar-refractivity contribution >= 4 is 41.4 Å². The third kappa shape index (κ3) is 11.9. The number of amides is 4. The van der Waals surface area contributed by atoms with Gasteiger partial charge in [0.2, 0.25) is 23.6 Å². The maximum atomic E-state index is 13.4. The lowest BCUT2D eigenvalue weighted by Gasteiger charge is -2.25. The van der Waals surface area contributed by atoms with Crippen molar-refractivity contribution in [3.63, 3.8) is 0 Å². The molecule has 2 aromatic carbocycles. The maximum absolute atomic E-state index is 13.4. The van der Waals surface area contributed by atoms with Crippen LogP contribution >= 0.6 is 11.8 Å². The average Bonchev–Trinajstić information content (AvgIpc) is 2.94. The van der Waals surface area contributed by atoms with E-state index in [1.807, 2.05) is 6.26 Å². The van der Waals surface area contributed by atoms with Gasteiger partial charge in [-0.3, -0.25) is 19.2 Å². The van der Waals surface area contributed by atoms with E-state index in [1.54, 1.807) is 30.3 Å². The number of rotatable bonds is 17. The molecule has 0 aliphatic heterocycles. The van der Waals surface area contributed by atoms with Gasteiger partial charge in [-0.1, -0.05) is 42.5 Å². The van der Waals surface area contributed by atoms with Crippen LogP contribution in [0, 0.1) is 0 Å². The minimum atomic E-state index is -1.33. The molecule has 12 nitrogen and oxygen atoms in total. The first kappa shape index (κ1) is 33.1. The molecule has 9 N–H and O–H groups in total. The van der Waals surface area contributed by atoms with E-state index in [1.165, 1.54) is 36.0 Å². The zero-order valence-corrected chi connectivity index (χ0v) is 23.6. The summed E-state index contributed by atoms with van der Waals surface area (Å²) in [6, 6.07) is 10.0. The van der Waals surface area contributed by atoms with E-state index < -0.39 is 53.8 Å². The molecule has 4 unspecified atom stereocenters. The monoisotopic (exact) mass is 587 g/mol. The van der Waals surface area contributed by atoms with Crippen LogP contribution in [0.4, 0.5) is 0 Å². The zero-order valence-electron chi connectivity index (χ0n) is 22.7. The predicted octanol–water partition coefficient (Wildman–Crippen LogP) is 0.0623. The summed E-state index contributed by atoms with van der Waals surface area (Å²) in [5, 5.41) is 26.9. The highest BCUT2D eigenvalue weighted by atomic mass is 32.2. The van der Waals surface area contributed by atoms with E-state index in [9.17, 15) is 34.2 Å². The van der Waals surface area contributed by atoms with Crippen molar-refractivity contribution in [1.29, 1.82) is 0 Å². The first-order valence-corrected chi connectivity index (χ1v) is 14.4. The highest BCUT2D eigenvalue weighted by Gasteiger charge is 2.31. The van der Waals surface area contributed by atoms with Crippen LogP contribution in [0.3, 0.4) is 0 Å². The number of hydrogen-bond donors (Lipinski definition) is 7. The summed E-state index contributed by atoms with van der Waals surface area (Å²) in [4.78, 5) is 62.7. The van der Waals surface area contributed by atoms with Gasteiger partial charge in [-0.15, -0.1) is 0 Å². The van der Waals surface area contributed by atoms with Crippen molar-refractivity contribution in [2.75, 3.05) is 12.0 Å². The van der Waals surface area contributed by atoms with Gasteiger partial charge in [0, 0.05) is 19.3 Å². The Morgan fingerprint density at radius 2 is 1.32 bits per heavy atom. The van der Waals surface area contributed by atoms with Crippen LogP contribution in [0.2, 0.25) is 0 Å². The average molecular weight is 588 g/mol. The first-order chi connectivity index (χ1) is 19.5. The molecule has 0 saturated heterocycles. The molecule has 0 aliphatic rings. The second-order valence-corrected chi connectivity index (χ2v) is 10.5. The van der Waals surface area contributed by atoms with Crippen molar-refractivity contribution in [2.24, 2.45) is 11.5 Å². The lowest BCUT2D eigenvalue weighted by atomic mass is 10.0. The second kappa shape index (κ2) is 16.9. The molecule has 4 amide bonds. The van der Waals surface area contributed by atoms with Crippen molar-refractivity contribution in [3.8, 4) is 5.75 Å². The minimum Gasteiger partial charge on any atom is -0.508 e. The molecule has 0 heterocycles. The number of nitrogens with two attached hydrogens (primary N) is 2. The van der Waals surface area contributed by atoms with Gasteiger partial charge in [0.1, 0.15) is 23.9 Å². The van der Waals surface area contributed by atoms with E-state index in [-0.39, 0.29) is 31.4 Å². The SMILES string of the molecule is CSCCC(N)C(=O)NC(CCC(N)=O)C(=O)NC(Cc1ccccc1)C(=O)NC(Cc1ccc(O)cc1)C(=O)O. The normalized spacial score (nSPS) is 13.7. The molecular formula is C28H37N5O7S. The second-order valence-electron chi connectivity index (χ2n) is 9.48. The number of nitrogens with one attached hydrogen (secondary N) is 3. The summed E-state index contributed by atoms with van der Waals surface area (Å²) < 4.78 is 0. The third-order valence-corrected chi connectivity index (χ3v) is 6.83. The van der Waals surface area contributed by atoms with Crippen LogP contribution in [0.5, 0.6) is 5.75 Å². The van der Waals surface area contributed by atoms with Crippen molar-refractivity contribution in [2.45, 2.75) is 56.3 Å². The summed E-state index contributed by atoms with van der Waals surface area (Å²) >= 11 is 1.51. The highest BCUT2D eigenvalue weighted by Crippen LogP contribution is 2.12. The molecule has 0 bridgehead atoms. The predicted molar refractivity (Wildman–Crippen MR) is 155 cm³/mol. The van der Waals surface area contributed by atoms with E-state index in [0.29, 0.717) is 23.3 Å². The van der Waals surface area contributed by atoms with Crippen LogP contribution in [0.15, 0.2) is 54.6 Å². The molecule has 2 aromatic rings. The molecule has 0 aromatic heterocycles. The largest absolute Gasteiger partial charge is 0.508 e. The van der Waals surface area contributed by atoms with Crippen LogP contribution in [-0.2, 0) is 36.8 Å². The maximum Gasteiger partial charge on any atom is 0.326 e. The van der Waals surface area contributed by atoms with Crippen LogP contribution in [0.25, 0.3) is 0 Å². The molecule has 0 radical (unpaired) electrons. The van der Waals surface area contributed by atoms with Gasteiger partial charge in [-0.25, -0.2) is 4.79 Å². The minimum absolute atomic E-state index is 0.0125. The van der Waals surface area contributed by atoms with E-state index in [2.05, 4.69) is 16.0 Å². The van der Waals surface area contributed by atoms with Crippen molar-refractivity contribution in [1.82, 2.24) is 16.0 Å². The number of thioether (sulfide) groups is 1. The number of carbonyl (C=O) groups excluding carboxylic acids is 4. The third-order valence-electron chi connectivity index (χ3n) is 6.19. The van der Waals surface area contributed by atoms with E-state index >= 15 is 0 Å². The van der Waals surface area contributed by atoms with Gasteiger partial charge >= 0.3 is 5.97 Å². The lowest BCUT2D eigenvalue weighted by molar-refractivity contribution is -0.142. The highest BCUT2D eigenvalue weighted by molar-refractivity contribution is 7.98. The molecule has 41 heavy (non-hydrogen) atoms. The molecule has 0 spiro atoms. The van der Waals surface area contributed by atoms with E-state index in [4.69, 9.17) is 11.5 Å². The Morgan fingerprint density at radius 3 is 1.90 bits per heavy atom. The molecule has 0 aliphatic carbocycles. The summed E-state index contributed by atoms with van der Waals surface area (Å²) in [6.45, 7) is 0. The van der Waals surface area contributed by atoms with Crippen LogP contribution in [-0.4, -0.2) is 76.0 Å². The standard InChI is InChI=1S/C28H37N5O7S/c1-41-14-13-20(29)25(36)31-21(11-12-24(30)35)26(37)32-22(15-17-5-3-2-4-6-17)27(38)33-23(28(39)40)16-18-7-9-19(34)10-8-18/h2-10,20-23,34H,11-16,29H2,1H3,(H2,30,35)(H,31,36)(H,32,37)(H,33,38)(H,39,40). The quantitative estimate of drug-likeness (QED) is 0.133. The Kier molecular flexibility index (Phi) is 13.6. The number of benzene rings is 2. The summed E-state index contributed by atoms with van der Waals surface area (Å²) in [5.41, 5.74) is 12.4. The fourth-order valence-corrected chi connectivity index (χ4v) is 4.37. The number of carboxylic acid groups (broad SMARTS) is 1. The number of carbonyl (C=O) groups is 5. The van der Waals surface area contributed by atoms with Gasteiger partial charge in [0.25, 0.3) is 0 Å². The van der Waals surface area contributed by atoms with Gasteiger partial charge < -0.3 is 37.6 Å². The Hall–Kier alpha value is -4.10. The summed E-state index contributed by atoms with van der Waals surface area (Å²) in [5.74, 6) is -3.43. The van der Waals surface area contributed by atoms with E-state index in [0.717, 1.165) is 0 Å². The number of aliphatic carboxylic acids is 1. The Morgan fingerprint density at radius 1 is 0.780 bits per heavy atom. The molecule has 13 heteroatoms. The Labute approximate surface area is 242 Å². The van der Waals surface area contributed by atoms with Crippen molar-refractivity contribution in [3.05, 3.63) is 65.7 Å². The topological polar surface area (TPSA) is 214 Å². The first-order valence-electron chi connectivity index (χ1n) is 13.0. The molecule has 0 fully saturated rings. The number of primary amides is 1. The molecule has 222 valence electrons. The van der Waals surface area contributed by atoms with Gasteiger partial charge in [-0.05, 0) is 48.1 Å². The molecule has 2 rings (SSSR count). The van der Waals surface area contributed by atoms with Crippen LogP contribution in [0.1, 0.15) is 30.4 Å². The lowest BCUT2D eigenvalue weighted by Crippen LogP contribution is -2.58. The van der Waals surface area contributed by atoms with Crippen molar-refractivity contribution < 1.29 is 34.2 Å². The molecular weight excluding hydrogens is 550 g/mol. The summed E-state index contributed by atoms with van der Waals surface area (Å²) in [6.07, 6.45) is 1.85. The van der Waals surface area contributed by atoms with Gasteiger partial charge in [0.15, 0.2) is 0 Å². The molecule has 0 saturated carbocycles. The number of hydrogen-bond acceptors (Lipinski definition) is 8. The number of aromatic hydroxyl groups is 1. The number of carboxylic acids is 1. The van der Waals surface area contributed by atoms with Crippen LogP contribution < -0.4 is 27.4 Å². The van der Waals surface area contributed by atoms with Gasteiger partial charge in [0.05, 0.1) is 6.04 Å². The number of phenols is 1. The smallest absolute Gasteiger partial charge is 0.326 e. The summed E-state index contributed by atoms with van der Waals surface area (Å²) in [7, 11) is 0. The van der Waals surface area contributed by atoms with Gasteiger partial charge in [-0.2, -0.15) is 11.8 Å². The Bertz CT molecular complexity index is 1180. The Balaban J connectivity index is 2.25. The fraction of sp³-hybridized carbons (Fsp3) is 0.393. The zero-order chi connectivity index (χ0) is 30.4. The number of phenolic OH excluding ortho intramolecular Hbond substituents is 1. The molecule has 4 atom stereocenters. The fourth-order valence-electron chi connectivity index (χ4n) is 3.88.